The van der Waals surface area contributed by atoms with Crippen LogP contribution in [0.1, 0.15) is 26.7 Å². The standard InChI is InChI=1S/C12H22O8P2S2/c1-7-3-9-11(17-7)5-15-22(14,24)20-10-4-8(2)18-12(10)6-16-21(13,23)19-9/h7-12H,3-6H2,1-2H3,(H,13,23)(H,14,24)/t7-,8-,9-,10-,11+,12+,21-,22?/m0/s1. The smallest absolute Gasteiger partial charge is 0.324 e. The van der Waals surface area contributed by atoms with E-state index in [0.29, 0.717) is 12.8 Å². The zero-order chi connectivity index (χ0) is 17.5. The molecule has 12 heteroatoms. The van der Waals surface area contributed by atoms with E-state index in [2.05, 4.69) is 0 Å². The van der Waals surface area contributed by atoms with Crippen LogP contribution >= 0.6 is 13.4 Å². The maximum Gasteiger partial charge on any atom is 0.324 e. The van der Waals surface area contributed by atoms with Gasteiger partial charge in [0.15, 0.2) is 0 Å². The van der Waals surface area contributed by atoms with Gasteiger partial charge in [-0.25, -0.2) is 0 Å². The maximum atomic E-state index is 10.3. The van der Waals surface area contributed by atoms with Crippen LogP contribution < -0.4 is 0 Å². The summed E-state index contributed by atoms with van der Waals surface area (Å²) >= 11 is 10.2. The second-order valence-corrected chi connectivity index (χ2v) is 11.8. The fraction of sp³-hybridized carbons (Fsp3) is 1.00. The molecule has 0 spiro atoms. The Morgan fingerprint density at radius 3 is 1.50 bits per heavy atom. The molecule has 0 bridgehead atoms. The monoisotopic (exact) mass is 420 g/mol. The lowest BCUT2D eigenvalue weighted by molar-refractivity contribution is -0.0378. The number of rotatable bonds is 0. The van der Waals surface area contributed by atoms with Crippen LogP contribution in [0.4, 0.5) is 0 Å². The van der Waals surface area contributed by atoms with Crippen molar-refractivity contribution in [2.24, 2.45) is 0 Å². The van der Waals surface area contributed by atoms with E-state index in [0.717, 1.165) is 0 Å². The Kier molecular flexibility index (Phi) is 6.20. The molecule has 1 unspecified atom stereocenters. The van der Waals surface area contributed by atoms with Gasteiger partial charge in [0, 0.05) is 12.8 Å². The number of hydrogen-bond acceptors (Lipinski definition) is 8. The van der Waals surface area contributed by atoms with E-state index in [9.17, 15) is 9.79 Å². The van der Waals surface area contributed by atoms with Gasteiger partial charge in [0.2, 0.25) is 0 Å². The Bertz CT molecular complexity index is 515. The molecule has 3 aliphatic rings. The fourth-order valence-corrected chi connectivity index (χ4v) is 6.04. The van der Waals surface area contributed by atoms with E-state index in [1.165, 1.54) is 0 Å². The minimum atomic E-state index is -3.45. The van der Waals surface area contributed by atoms with Gasteiger partial charge in [-0.3, -0.25) is 0 Å². The highest BCUT2D eigenvalue weighted by molar-refractivity contribution is 8.07. The van der Waals surface area contributed by atoms with E-state index >= 15 is 0 Å². The van der Waals surface area contributed by atoms with E-state index in [4.69, 9.17) is 51.2 Å². The zero-order valence-corrected chi connectivity index (χ0v) is 16.8. The average Bonchev–Trinajstić information content (AvgIpc) is 2.95. The van der Waals surface area contributed by atoms with Gasteiger partial charge >= 0.3 is 13.4 Å². The summed E-state index contributed by atoms with van der Waals surface area (Å²) in [5.41, 5.74) is 0. The SMILES string of the molecule is C[C@H]1C[C@@H]2OP(O)(=S)OC[C@H]3O[C@@H](C)C[C@@H]3O[P@@](O)(=S)OC[C@H]2O1. The summed E-state index contributed by atoms with van der Waals surface area (Å²) in [6.07, 6.45) is -1.13. The highest BCUT2D eigenvalue weighted by Gasteiger charge is 2.43. The Labute approximate surface area is 151 Å². The van der Waals surface area contributed by atoms with E-state index in [-0.39, 0.29) is 25.4 Å². The summed E-state index contributed by atoms with van der Waals surface area (Å²) in [5.74, 6) is 0. The lowest BCUT2D eigenvalue weighted by atomic mass is 10.1. The maximum absolute atomic E-state index is 10.3. The van der Waals surface area contributed by atoms with Crippen molar-refractivity contribution in [2.75, 3.05) is 13.2 Å². The summed E-state index contributed by atoms with van der Waals surface area (Å²) in [5, 5.41) is 0. The van der Waals surface area contributed by atoms with E-state index in [1.807, 2.05) is 13.8 Å². The molecule has 140 valence electrons. The molecular formula is C12H22O8P2S2. The largest absolute Gasteiger partial charge is 0.370 e. The summed E-state index contributed by atoms with van der Waals surface area (Å²) < 4.78 is 33.5. The quantitative estimate of drug-likeness (QED) is 0.563. The molecule has 0 aromatic heterocycles. The van der Waals surface area contributed by atoms with Crippen molar-refractivity contribution in [1.29, 1.82) is 0 Å². The van der Waals surface area contributed by atoms with Crippen molar-refractivity contribution in [1.82, 2.24) is 0 Å². The van der Waals surface area contributed by atoms with Crippen molar-refractivity contribution < 1.29 is 37.4 Å². The van der Waals surface area contributed by atoms with Gasteiger partial charge in [0.1, 0.15) is 12.2 Å². The first-order chi connectivity index (χ1) is 11.1. The van der Waals surface area contributed by atoms with Gasteiger partial charge < -0.3 is 37.4 Å². The molecule has 3 rings (SSSR count). The first-order valence-electron chi connectivity index (χ1n) is 7.76. The van der Waals surface area contributed by atoms with Crippen LogP contribution in [0.5, 0.6) is 0 Å². The molecule has 3 heterocycles. The Balaban J connectivity index is 1.79. The fourth-order valence-electron chi connectivity index (χ4n) is 3.09. The van der Waals surface area contributed by atoms with E-state index in [1.54, 1.807) is 0 Å². The van der Waals surface area contributed by atoms with Crippen LogP contribution in [-0.4, -0.2) is 59.6 Å². The summed E-state index contributed by atoms with van der Waals surface area (Å²) in [4.78, 5) is 20.6. The summed E-state index contributed by atoms with van der Waals surface area (Å²) in [7, 11) is 0. The normalized spacial score (nSPS) is 53.7. The number of hydrogen-bond donors (Lipinski definition) is 2. The van der Waals surface area contributed by atoms with Crippen molar-refractivity contribution in [2.45, 2.75) is 63.3 Å². The topological polar surface area (TPSA) is 95.8 Å². The van der Waals surface area contributed by atoms with Crippen LogP contribution in [0.25, 0.3) is 0 Å². The molecule has 3 aliphatic heterocycles. The van der Waals surface area contributed by atoms with Crippen LogP contribution in [0, 0.1) is 0 Å². The van der Waals surface area contributed by atoms with Gasteiger partial charge in [0.05, 0.1) is 37.6 Å². The minimum absolute atomic E-state index is 0.00802. The predicted molar refractivity (Wildman–Crippen MR) is 92.6 cm³/mol. The van der Waals surface area contributed by atoms with Gasteiger partial charge in [-0.2, -0.15) is 0 Å². The lowest BCUT2D eigenvalue weighted by Gasteiger charge is -2.29. The molecule has 2 N–H and O–H groups in total. The van der Waals surface area contributed by atoms with Crippen LogP contribution in [0.3, 0.4) is 0 Å². The number of ether oxygens (including phenoxy) is 2. The van der Waals surface area contributed by atoms with Gasteiger partial charge in [-0.15, -0.1) is 0 Å². The first-order valence-corrected chi connectivity index (χ1v) is 12.9. The van der Waals surface area contributed by atoms with Gasteiger partial charge in [0.25, 0.3) is 0 Å². The van der Waals surface area contributed by atoms with Crippen molar-refractivity contribution in [3.05, 3.63) is 0 Å². The molecule has 0 aliphatic carbocycles. The first kappa shape index (κ1) is 19.7. The Morgan fingerprint density at radius 1 is 0.750 bits per heavy atom. The number of fused-ring (bicyclic) bond motifs is 2. The molecule has 3 fully saturated rings. The zero-order valence-electron chi connectivity index (χ0n) is 13.3. The van der Waals surface area contributed by atoms with Crippen LogP contribution in [0.15, 0.2) is 0 Å². The van der Waals surface area contributed by atoms with Crippen LogP contribution in [0.2, 0.25) is 0 Å². The molecule has 0 amide bonds. The lowest BCUT2D eigenvalue weighted by Crippen LogP contribution is -2.32. The van der Waals surface area contributed by atoms with Crippen molar-refractivity contribution in [3.63, 3.8) is 0 Å². The van der Waals surface area contributed by atoms with Crippen LogP contribution in [-0.2, 0) is 51.2 Å². The molecule has 8 atom stereocenters. The molecule has 24 heavy (non-hydrogen) atoms. The van der Waals surface area contributed by atoms with Crippen molar-refractivity contribution >= 4 is 37.1 Å². The Hall–Kier alpha value is 0.980. The third-order valence-electron chi connectivity index (χ3n) is 4.11. The molecule has 3 saturated heterocycles. The molecule has 0 aromatic carbocycles. The van der Waals surface area contributed by atoms with E-state index < -0.39 is 37.9 Å². The third-order valence-corrected chi connectivity index (χ3v) is 7.29. The minimum Gasteiger partial charge on any atom is -0.370 e. The second kappa shape index (κ2) is 7.54. The van der Waals surface area contributed by atoms with Crippen molar-refractivity contribution in [3.8, 4) is 0 Å². The van der Waals surface area contributed by atoms with Gasteiger partial charge in [-0.05, 0) is 37.5 Å². The predicted octanol–water partition coefficient (Wildman–Crippen LogP) is 1.59. The highest BCUT2D eigenvalue weighted by atomic mass is 32.5. The molecule has 0 radical (unpaired) electrons. The molecule has 8 nitrogen and oxygen atoms in total. The second-order valence-electron chi connectivity index (χ2n) is 6.26. The highest BCUT2D eigenvalue weighted by Crippen LogP contribution is 2.52. The molecular weight excluding hydrogens is 398 g/mol. The Morgan fingerprint density at radius 2 is 1.12 bits per heavy atom. The summed E-state index contributed by atoms with van der Waals surface area (Å²) in [6.45, 7) is -3.17. The molecule has 0 saturated carbocycles. The average molecular weight is 420 g/mol. The van der Waals surface area contributed by atoms with Gasteiger partial charge in [-0.1, -0.05) is 0 Å². The molecule has 0 aromatic rings. The summed E-state index contributed by atoms with van der Waals surface area (Å²) in [6, 6.07) is 0. The third kappa shape index (κ3) is 5.03.